The third-order valence-electron chi connectivity index (χ3n) is 9.24. The maximum absolute atomic E-state index is 6.18. The molecule has 0 atom stereocenters. The van der Waals surface area contributed by atoms with Gasteiger partial charge in [0, 0.05) is 16.5 Å². The Bertz CT molecular complexity index is 2570. The van der Waals surface area contributed by atoms with Gasteiger partial charge in [-0.15, -0.1) is 0 Å². The zero-order chi connectivity index (χ0) is 31.0. The molecule has 7 aromatic carbocycles. The van der Waals surface area contributed by atoms with Gasteiger partial charge >= 0.3 is 0 Å². The van der Waals surface area contributed by atoms with E-state index in [-0.39, 0.29) is 5.11 Å². The SMILES string of the molecule is BC(B)(B)c1nc2ccccc2n1-c1ccc(-c2c3ccccc3c(-c3ccc4oc5ccccc5c4c3)c3ccccc23)cc1. The van der Waals surface area contributed by atoms with Gasteiger partial charge in [0.25, 0.3) is 0 Å². The zero-order valence-corrected chi connectivity index (χ0v) is 26.1. The van der Waals surface area contributed by atoms with Crippen LogP contribution < -0.4 is 0 Å². The van der Waals surface area contributed by atoms with Crippen LogP contribution in [-0.2, 0) is 5.11 Å². The van der Waals surface area contributed by atoms with Crippen LogP contribution in [0, 0.1) is 0 Å². The average molecular weight is 586 g/mol. The van der Waals surface area contributed by atoms with E-state index in [1.807, 2.05) is 12.1 Å². The van der Waals surface area contributed by atoms with Gasteiger partial charge in [-0.25, -0.2) is 4.98 Å². The summed E-state index contributed by atoms with van der Waals surface area (Å²) in [6, 6.07) is 50.0. The maximum Gasteiger partial charge on any atom is 0.135 e. The van der Waals surface area contributed by atoms with Crippen molar-refractivity contribution < 1.29 is 4.42 Å². The maximum atomic E-state index is 6.18. The van der Waals surface area contributed by atoms with Crippen LogP contribution in [0.15, 0.2) is 144 Å². The standard InChI is InChI=1S/C40H29B3N2O/c41-40(42,43)39-44-33-14-6-7-15-34(33)45(39)26-20-17-24(18-21-26)37-28-10-1-3-12-30(28)38(31-13-4-2-11-29(31)37)25-19-22-36-32(23-25)27-9-5-8-16-35(27)46-36/h1-23H,41-43H2. The van der Waals surface area contributed by atoms with Gasteiger partial charge in [0.15, 0.2) is 0 Å². The van der Waals surface area contributed by atoms with Crippen molar-refractivity contribution in [2.75, 3.05) is 0 Å². The van der Waals surface area contributed by atoms with Gasteiger partial charge < -0.3 is 4.42 Å². The predicted octanol–water partition coefficient (Wildman–Crippen LogP) is 7.57. The number of hydrogen-bond acceptors (Lipinski definition) is 2. The Hall–Kier alpha value is -5.48. The molecule has 0 saturated heterocycles. The topological polar surface area (TPSA) is 31.0 Å². The molecule has 0 aliphatic heterocycles. The lowest BCUT2D eigenvalue weighted by atomic mass is 9.42. The molecule has 0 unspecified atom stereocenters. The molecular weight excluding hydrogens is 557 g/mol. The molecule has 0 spiro atoms. The molecule has 0 aliphatic rings. The average Bonchev–Trinajstić information content (AvgIpc) is 3.66. The summed E-state index contributed by atoms with van der Waals surface area (Å²) < 4.78 is 8.49. The first-order valence-electron chi connectivity index (χ1n) is 15.9. The van der Waals surface area contributed by atoms with Crippen molar-refractivity contribution in [3.63, 3.8) is 0 Å². The highest BCUT2D eigenvalue weighted by molar-refractivity contribution is 6.58. The van der Waals surface area contributed by atoms with Crippen LogP contribution in [-0.4, -0.2) is 33.1 Å². The molecule has 0 saturated carbocycles. The summed E-state index contributed by atoms with van der Waals surface area (Å²) in [6.07, 6.45) is 0. The number of fused-ring (bicyclic) bond motifs is 6. The lowest BCUT2D eigenvalue weighted by Gasteiger charge is -2.21. The number of aromatic nitrogens is 2. The zero-order valence-electron chi connectivity index (χ0n) is 26.1. The van der Waals surface area contributed by atoms with Gasteiger partial charge in [-0.05, 0) is 86.3 Å². The molecule has 0 bridgehead atoms. The van der Waals surface area contributed by atoms with Crippen LogP contribution in [0.2, 0.25) is 0 Å². The van der Waals surface area contributed by atoms with Crippen molar-refractivity contribution in [3.8, 4) is 27.9 Å². The summed E-state index contributed by atoms with van der Waals surface area (Å²) in [5, 5.41) is 7.14. The molecule has 9 rings (SSSR count). The van der Waals surface area contributed by atoms with E-state index in [9.17, 15) is 0 Å². The van der Waals surface area contributed by atoms with Crippen molar-refractivity contribution in [2.24, 2.45) is 0 Å². The number of benzene rings is 7. The Morgan fingerprint density at radius 2 is 1.02 bits per heavy atom. The van der Waals surface area contributed by atoms with Crippen LogP contribution in [0.4, 0.5) is 0 Å². The van der Waals surface area contributed by atoms with Gasteiger partial charge in [0.05, 0.1) is 40.4 Å². The Labute approximate surface area is 269 Å². The Morgan fingerprint density at radius 1 is 0.500 bits per heavy atom. The van der Waals surface area contributed by atoms with E-state index < -0.39 is 0 Å². The van der Waals surface area contributed by atoms with Gasteiger partial charge in [-0.2, -0.15) is 0 Å². The molecule has 0 N–H and O–H groups in total. The lowest BCUT2D eigenvalue weighted by Crippen LogP contribution is -2.31. The van der Waals surface area contributed by atoms with E-state index in [4.69, 9.17) is 9.40 Å². The summed E-state index contributed by atoms with van der Waals surface area (Å²) in [5.41, 5.74) is 9.98. The monoisotopic (exact) mass is 586 g/mol. The minimum Gasteiger partial charge on any atom is -0.456 e. The summed E-state index contributed by atoms with van der Waals surface area (Å²) >= 11 is 0. The Morgan fingerprint density at radius 3 is 1.67 bits per heavy atom. The summed E-state index contributed by atoms with van der Waals surface area (Å²) in [7, 11) is 6.68. The number of para-hydroxylation sites is 3. The second-order valence-electron chi connectivity index (χ2n) is 13.2. The number of hydrogen-bond donors (Lipinski definition) is 0. The molecular formula is C40H29B3N2O. The molecule has 214 valence electrons. The van der Waals surface area contributed by atoms with Crippen molar-refractivity contribution >= 4 is 78.1 Å². The van der Waals surface area contributed by atoms with E-state index in [0.29, 0.717) is 0 Å². The minimum absolute atomic E-state index is 0.105. The Kier molecular flexibility index (Phi) is 5.85. The van der Waals surface area contributed by atoms with Gasteiger partial charge in [0.1, 0.15) is 11.2 Å². The van der Waals surface area contributed by atoms with Crippen molar-refractivity contribution in [3.05, 3.63) is 145 Å². The van der Waals surface area contributed by atoms with E-state index >= 15 is 0 Å². The minimum atomic E-state index is -0.105. The van der Waals surface area contributed by atoms with E-state index in [1.165, 1.54) is 43.8 Å². The van der Waals surface area contributed by atoms with E-state index in [0.717, 1.165) is 44.5 Å². The molecule has 2 aromatic heterocycles. The van der Waals surface area contributed by atoms with Crippen LogP contribution in [0.25, 0.3) is 82.5 Å². The second-order valence-corrected chi connectivity index (χ2v) is 13.2. The number of imidazole rings is 1. The number of nitrogens with zero attached hydrogens (tertiary/aromatic N) is 2. The fourth-order valence-corrected chi connectivity index (χ4v) is 7.20. The first-order chi connectivity index (χ1) is 22.5. The third-order valence-corrected chi connectivity index (χ3v) is 9.24. The molecule has 46 heavy (non-hydrogen) atoms. The van der Waals surface area contributed by atoms with E-state index in [1.54, 1.807) is 0 Å². The largest absolute Gasteiger partial charge is 0.456 e. The molecule has 0 aliphatic carbocycles. The summed E-state index contributed by atoms with van der Waals surface area (Å²) in [5.74, 6) is 1.06. The fraction of sp³-hybridized carbons (Fsp3) is 0.0250. The van der Waals surface area contributed by atoms with Gasteiger partial charge in [0.2, 0.25) is 0 Å². The van der Waals surface area contributed by atoms with Crippen molar-refractivity contribution in [1.82, 2.24) is 9.55 Å². The van der Waals surface area contributed by atoms with Crippen LogP contribution in [0.5, 0.6) is 0 Å². The van der Waals surface area contributed by atoms with Crippen LogP contribution >= 0.6 is 0 Å². The smallest absolute Gasteiger partial charge is 0.135 e. The molecule has 6 heteroatoms. The summed E-state index contributed by atoms with van der Waals surface area (Å²) in [6.45, 7) is 0. The second kappa shape index (κ2) is 10.0. The van der Waals surface area contributed by atoms with Gasteiger partial charge in [-0.3, -0.25) is 4.57 Å². The first-order valence-corrected chi connectivity index (χ1v) is 15.9. The highest BCUT2D eigenvalue weighted by atomic mass is 16.3. The first kappa shape index (κ1) is 26.9. The Balaban J connectivity index is 1.27. The van der Waals surface area contributed by atoms with Crippen LogP contribution in [0.1, 0.15) is 5.82 Å². The predicted molar refractivity (Wildman–Crippen MR) is 202 cm³/mol. The molecule has 0 radical (unpaired) electrons. The highest BCUT2D eigenvalue weighted by Gasteiger charge is 2.24. The van der Waals surface area contributed by atoms with Crippen LogP contribution in [0.3, 0.4) is 0 Å². The molecule has 0 fully saturated rings. The lowest BCUT2D eigenvalue weighted by molar-refractivity contribution is 0.669. The molecule has 3 nitrogen and oxygen atoms in total. The quantitative estimate of drug-likeness (QED) is 0.157. The number of furan rings is 1. The van der Waals surface area contributed by atoms with Crippen molar-refractivity contribution in [2.45, 2.75) is 5.11 Å². The highest BCUT2D eigenvalue weighted by Crippen LogP contribution is 2.45. The molecule has 9 aromatic rings. The summed E-state index contributed by atoms with van der Waals surface area (Å²) in [4.78, 5) is 5.05. The van der Waals surface area contributed by atoms with Gasteiger partial charge in [-0.1, -0.05) is 102 Å². The third kappa shape index (κ3) is 4.06. The van der Waals surface area contributed by atoms with E-state index in [2.05, 4.69) is 155 Å². The fourth-order valence-electron chi connectivity index (χ4n) is 7.20. The number of rotatable bonds is 4. The molecule has 2 heterocycles. The molecule has 0 amide bonds. The van der Waals surface area contributed by atoms with Crippen molar-refractivity contribution in [1.29, 1.82) is 0 Å². The normalized spacial score (nSPS) is 12.2.